The maximum Gasteiger partial charge on any atom is 0.319 e. The Kier molecular flexibility index (Phi) is 7.47. The van der Waals surface area contributed by atoms with E-state index < -0.39 is 0 Å². The van der Waals surface area contributed by atoms with Gasteiger partial charge >= 0.3 is 6.03 Å². The number of carbonyl (C=O) groups is 1. The molecule has 0 aromatic heterocycles. The number of benzene rings is 1. The van der Waals surface area contributed by atoms with E-state index in [0.29, 0.717) is 12.3 Å². The number of hydrogen-bond donors (Lipinski definition) is 3. The Balaban J connectivity index is 2.66. The minimum absolute atomic E-state index is 0.0128. The maximum atomic E-state index is 12.0. The molecule has 0 saturated heterocycles. The van der Waals surface area contributed by atoms with E-state index in [2.05, 4.69) is 24.5 Å². The van der Waals surface area contributed by atoms with Crippen molar-refractivity contribution < 1.29 is 9.90 Å². The normalized spacial score (nSPS) is 12.2. The minimum Gasteiger partial charge on any atom is -0.396 e. The second-order valence-corrected chi connectivity index (χ2v) is 5.92. The highest BCUT2D eigenvalue weighted by molar-refractivity contribution is 7.98. The van der Waals surface area contributed by atoms with Crippen LogP contribution in [-0.2, 0) is 0 Å². The van der Waals surface area contributed by atoms with Crippen LogP contribution in [0.15, 0.2) is 24.3 Å². The molecule has 5 heteroatoms. The standard InChI is InChI=1S/C15H24N2O2S/c1-11(2)13-6-4-5-7-14(13)17-15(19)16-12(8-9-18)10-20-3/h4-7,11-12,18H,8-10H2,1-3H3,(H2,16,17,19)/t12-/m1/s1. The largest absolute Gasteiger partial charge is 0.396 e. The van der Waals surface area contributed by atoms with Crippen LogP contribution in [0.4, 0.5) is 10.5 Å². The van der Waals surface area contributed by atoms with Crippen LogP contribution in [0.3, 0.4) is 0 Å². The lowest BCUT2D eigenvalue weighted by Crippen LogP contribution is -2.40. The van der Waals surface area contributed by atoms with Crippen molar-refractivity contribution in [3.8, 4) is 0 Å². The summed E-state index contributed by atoms with van der Waals surface area (Å²) in [4.78, 5) is 12.0. The molecular formula is C15H24N2O2S. The molecule has 0 heterocycles. The highest BCUT2D eigenvalue weighted by atomic mass is 32.2. The van der Waals surface area contributed by atoms with Gasteiger partial charge in [-0.25, -0.2) is 4.79 Å². The quantitative estimate of drug-likeness (QED) is 0.725. The molecule has 0 fully saturated rings. The van der Waals surface area contributed by atoms with Crippen molar-refractivity contribution in [3.05, 3.63) is 29.8 Å². The summed E-state index contributed by atoms with van der Waals surface area (Å²) in [6.45, 7) is 4.27. The fourth-order valence-electron chi connectivity index (χ4n) is 2.01. The highest BCUT2D eigenvalue weighted by Crippen LogP contribution is 2.23. The average Bonchev–Trinajstić information content (AvgIpc) is 2.39. The van der Waals surface area contributed by atoms with Gasteiger partial charge in [-0.05, 0) is 30.2 Å². The molecule has 20 heavy (non-hydrogen) atoms. The lowest BCUT2D eigenvalue weighted by atomic mass is 10.0. The van der Waals surface area contributed by atoms with E-state index in [1.54, 1.807) is 11.8 Å². The molecule has 1 aromatic carbocycles. The van der Waals surface area contributed by atoms with Gasteiger partial charge in [0.1, 0.15) is 0 Å². The van der Waals surface area contributed by atoms with Crippen LogP contribution in [0.2, 0.25) is 0 Å². The van der Waals surface area contributed by atoms with E-state index in [1.165, 1.54) is 0 Å². The Morgan fingerprint density at radius 3 is 2.65 bits per heavy atom. The van der Waals surface area contributed by atoms with Crippen molar-refractivity contribution >= 4 is 23.5 Å². The van der Waals surface area contributed by atoms with Crippen LogP contribution in [0.1, 0.15) is 31.7 Å². The van der Waals surface area contributed by atoms with Crippen LogP contribution in [0.5, 0.6) is 0 Å². The molecule has 1 atom stereocenters. The number of amides is 2. The van der Waals surface area contributed by atoms with E-state index >= 15 is 0 Å². The van der Waals surface area contributed by atoms with Gasteiger partial charge < -0.3 is 15.7 Å². The fraction of sp³-hybridized carbons (Fsp3) is 0.533. The van der Waals surface area contributed by atoms with Gasteiger partial charge in [0, 0.05) is 24.1 Å². The Morgan fingerprint density at radius 2 is 2.05 bits per heavy atom. The SMILES string of the molecule is CSC[C@@H](CCO)NC(=O)Nc1ccccc1C(C)C. The van der Waals surface area contributed by atoms with Crippen LogP contribution in [0, 0.1) is 0 Å². The van der Waals surface area contributed by atoms with Gasteiger partial charge in [-0.1, -0.05) is 32.0 Å². The molecule has 0 spiro atoms. The molecule has 3 N–H and O–H groups in total. The first-order valence-corrected chi connectivity index (χ1v) is 8.24. The van der Waals surface area contributed by atoms with Crippen molar-refractivity contribution in [1.29, 1.82) is 0 Å². The lowest BCUT2D eigenvalue weighted by Gasteiger charge is -2.19. The summed E-state index contributed by atoms with van der Waals surface area (Å²) in [5, 5.41) is 14.8. The number of rotatable bonds is 7. The number of urea groups is 1. The van der Waals surface area contributed by atoms with Gasteiger partial charge in [0.15, 0.2) is 0 Å². The Bertz CT molecular complexity index is 418. The maximum absolute atomic E-state index is 12.0. The van der Waals surface area contributed by atoms with Gasteiger partial charge in [0.05, 0.1) is 0 Å². The summed E-state index contributed by atoms with van der Waals surface area (Å²) in [6.07, 6.45) is 2.55. The third-order valence-electron chi connectivity index (χ3n) is 3.01. The molecule has 0 aliphatic carbocycles. The van der Waals surface area contributed by atoms with Crippen molar-refractivity contribution in [1.82, 2.24) is 5.32 Å². The monoisotopic (exact) mass is 296 g/mol. The number of hydrogen-bond acceptors (Lipinski definition) is 3. The summed E-state index contributed by atoms with van der Waals surface area (Å²) in [5.41, 5.74) is 1.96. The molecule has 0 aliphatic rings. The fourth-order valence-corrected chi connectivity index (χ4v) is 2.66. The summed E-state index contributed by atoms with van der Waals surface area (Å²) < 4.78 is 0. The number of nitrogens with one attached hydrogen (secondary N) is 2. The zero-order valence-electron chi connectivity index (χ0n) is 12.3. The number of thioether (sulfide) groups is 1. The summed E-state index contributed by atoms with van der Waals surface area (Å²) >= 11 is 1.65. The summed E-state index contributed by atoms with van der Waals surface area (Å²) in [7, 11) is 0. The topological polar surface area (TPSA) is 61.4 Å². The second-order valence-electron chi connectivity index (χ2n) is 5.00. The third-order valence-corrected chi connectivity index (χ3v) is 3.75. The molecule has 0 radical (unpaired) electrons. The van der Waals surface area contributed by atoms with Crippen LogP contribution < -0.4 is 10.6 Å². The Hall–Kier alpha value is -1.20. The molecule has 1 aromatic rings. The molecule has 0 bridgehead atoms. The van der Waals surface area contributed by atoms with Crippen molar-refractivity contribution in [2.24, 2.45) is 0 Å². The van der Waals surface area contributed by atoms with Gasteiger partial charge in [0.25, 0.3) is 0 Å². The first kappa shape index (κ1) is 16.9. The summed E-state index contributed by atoms with van der Waals surface area (Å²) in [5.74, 6) is 1.14. The predicted molar refractivity (Wildman–Crippen MR) is 86.6 cm³/mol. The van der Waals surface area contributed by atoms with E-state index in [-0.39, 0.29) is 18.7 Å². The highest BCUT2D eigenvalue weighted by Gasteiger charge is 2.13. The smallest absolute Gasteiger partial charge is 0.319 e. The predicted octanol–water partition coefficient (Wildman–Crippen LogP) is 3.05. The molecule has 0 saturated carbocycles. The van der Waals surface area contributed by atoms with Gasteiger partial charge in [-0.2, -0.15) is 11.8 Å². The molecule has 2 amide bonds. The Morgan fingerprint density at radius 1 is 1.35 bits per heavy atom. The van der Waals surface area contributed by atoms with Gasteiger partial charge in [-0.15, -0.1) is 0 Å². The van der Waals surface area contributed by atoms with E-state index in [1.807, 2.05) is 30.5 Å². The third kappa shape index (κ3) is 5.43. The number of para-hydroxylation sites is 1. The molecular weight excluding hydrogens is 272 g/mol. The summed E-state index contributed by atoms with van der Waals surface area (Å²) in [6, 6.07) is 7.58. The molecule has 112 valence electrons. The number of carbonyl (C=O) groups excluding carboxylic acids is 1. The zero-order chi connectivity index (χ0) is 15.0. The minimum atomic E-state index is -0.217. The van der Waals surface area contributed by atoms with Crippen molar-refractivity contribution in [3.63, 3.8) is 0 Å². The van der Waals surface area contributed by atoms with Crippen LogP contribution >= 0.6 is 11.8 Å². The van der Waals surface area contributed by atoms with Crippen molar-refractivity contribution in [2.45, 2.75) is 32.2 Å². The number of aliphatic hydroxyl groups excluding tert-OH is 1. The van der Waals surface area contributed by atoms with E-state index in [0.717, 1.165) is 17.0 Å². The average molecular weight is 296 g/mol. The Labute approximate surface area is 125 Å². The van der Waals surface area contributed by atoms with Gasteiger partial charge in [0.2, 0.25) is 0 Å². The number of aliphatic hydroxyl groups is 1. The van der Waals surface area contributed by atoms with E-state index in [4.69, 9.17) is 5.11 Å². The molecule has 0 aliphatic heterocycles. The molecule has 1 rings (SSSR count). The van der Waals surface area contributed by atoms with Crippen LogP contribution in [0.25, 0.3) is 0 Å². The first-order chi connectivity index (χ1) is 9.58. The number of anilines is 1. The van der Waals surface area contributed by atoms with Crippen molar-refractivity contribution in [2.75, 3.05) is 23.9 Å². The molecule has 4 nitrogen and oxygen atoms in total. The zero-order valence-corrected chi connectivity index (χ0v) is 13.2. The lowest BCUT2D eigenvalue weighted by molar-refractivity contribution is 0.241. The molecule has 0 unspecified atom stereocenters. The van der Waals surface area contributed by atoms with E-state index in [9.17, 15) is 4.79 Å². The second kappa shape index (κ2) is 8.87. The van der Waals surface area contributed by atoms with Crippen LogP contribution in [-0.4, -0.2) is 35.8 Å². The van der Waals surface area contributed by atoms with Gasteiger partial charge in [-0.3, -0.25) is 0 Å². The first-order valence-electron chi connectivity index (χ1n) is 6.84.